The van der Waals surface area contributed by atoms with Crippen molar-refractivity contribution in [3.63, 3.8) is 0 Å². The molecule has 0 unspecified atom stereocenters. The molecule has 0 heterocycles. The van der Waals surface area contributed by atoms with Crippen molar-refractivity contribution in [1.82, 2.24) is 0 Å². The number of nitrogens with two attached hydrogens (primary N) is 1. The highest BCUT2D eigenvalue weighted by Gasteiger charge is 1.98. The summed E-state index contributed by atoms with van der Waals surface area (Å²) in [5.41, 5.74) is 8.41. The first-order valence-corrected chi connectivity index (χ1v) is 4.65. The highest BCUT2D eigenvalue weighted by molar-refractivity contribution is 5.27. The van der Waals surface area contributed by atoms with Gasteiger partial charge in [0.15, 0.2) is 0 Å². The molecule has 1 aromatic rings. The third-order valence-electron chi connectivity index (χ3n) is 2.05. The lowest BCUT2D eigenvalue weighted by Gasteiger charge is -2.06. The molecule has 12 heavy (non-hydrogen) atoms. The van der Waals surface area contributed by atoms with E-state index in [0.29, 0.717) is 0 Å². The molecule has 0 bridgehead atoms. The van der Waals surface area contributed by atoms with Crippen molar-refractivity contribution >= 4 is 0 Å². The molecule has 1 rings (SSSR count). The molecule has 0 amide bonds. The lowest BCUT2D eigenvalue weighted by Crippen LogP contribution is -2.05. The van der Waals surface area contributed by atoms with Crippen molar-refractivity contribution in [2.24, 2.45) is 5.73 Å². The van der Waals surface area contributed by atoms with Gasteiger partial charge in [-0.3, -0.25) is 0 Å². The Hall–Kier alpha value is -0.820. The summed E-state index contributed by atoms with van der Waals surface area (Å²) >= 11 is 0. The highest BCUT2D eigenvalue weighted by Crippen LogP contribution is 2.10. The summed E-state index contributed by atoms with van der Waals surface area (Å²) in [7, 11) is 0. The zero-order valence-electron chi connectivity index (χ0n) is 7.72. The minimum Gasteiger partial charge on any atom is -0.330 e. The number of hydrogen-bond acceptors (Lipinski definition) is 1. The lowest BCUT2D eigenvalue weighted by molar-refractivity contribution is 0.879. The minimum absolute atomic E-state index is 0.751. The van der Waals surface area contributed by atoms with Crippen LogP contribution in [0.5, 0.6) is 0 Å². The first-order chi connectivity index (χ1) is 5.88. The summed E-state index contributed by atoms with van der Waals surface area (Å²) in [6, 6.07) is 8.57. The molecule has 2 N–H and O–H groups in total. The monoisotopic (exact) mass is 163 g/mol. The maximum atomic E-state index is 5.53. The van der Waals surface area contributed by atoms with Crippen LogP contribution in [0, 0.1) is 0 Å². The topological polar surface area (TPSA) is 26.0 Å². The van der Waals surface area contributed by atoms with Gasteiger partial charge in [0.05, 0.1) is 0 Å². The van der Waals surface area contributed by atoms with Crippen molar-refractivity contribution < 1.29 is 0 Å². The highest BCUT2D eigenvalue weighted by atomic mass is 14.5. The number of aryl methyl sites for hydroxylation is 1. The van der Waals surface area contributed by atoms with Gasteiger partial charge < -0.3 is 5.73 Å². The van der Waals surface area contributed by atoms with Gasteiger partial charge in [0.1, 0.15) is 0 Å². The Bertz CT molecular complexity index is 205. The van der Waals surface area contributed by atoms with E-state index in [1.165, 1.54) is 24.0 Å². The SMILES string of the molecule is CCCc1ccccc1CCN. The molecule has 0 fully saturated rings. The van der Waals surface area contributed by atoms with Gasteiger partial charge in [-0.2, -0.15) is 0 Å². The van der Waals surface area contributed by atoms with E-state index in [0.717, 1.165) is 13.0 Å². The van der Waals surface area contributed by atoms with E-state index in [4.69, 9.17) is 5.73 Å². The lowest BCUT2D eigenvalue weighted by atomic mass is 10.0. The first kappa shape index (κ1) is 9.27. The van der Waals surface area contributed by atoms with Crippen molar-refractivity contribution in [1.29, 1.82) is 0 Å². The molecule has 0 aliphatic carbocycles. The summed E-state index contributed by atoms with van der Waals surface area (Å²) in [4.78, 5) is 0. The van der Waals surface area contributed by atoms with Crippen molar-refractivity contribution in [3.8, 4) is 0 Å². The van der Waals surface area contributed by atoms with Crippen LogP contribution in [0.1, 0.15) is 24.5 Å². The maximum absolute atomic E-state index is 5.53. The zero-order valence-corrected chi connectivity index (χ0v) is 7.72. The van der Waals surface area contributed by atoms with Gasteiger partial charge >= 0.3 is 0 Å². The Balaban J connectivity index is 2.77. The Morgan fingerprint density at radius 2 is 1.67 bits per heavy atom. The zero-order chi connectivity index (χ0) is 8.81. The smallest absolute Gasteiger partial charge is 0.00366 e. The fourth-order valence-corrected chi connectivity index (χ4v) is 1.47. The summed E-state index contributed by atoms with van der Waals surface area (Å²) in [5.74, 6) is 0. The molecule has 0 atom stereocenters. The van der Waals surface area contributed by atoms with Crippen LogP contribution in [-0.4, -0.2) is 6.54 Å². The second-order valence-corrected chi connectivity index (χ2v) is 3.06. The van der Waals surface area contributed by atoms with Crippen molar-refractivity contribution in [3.05, 3.63) is 35.4 Å². The number of benzene rings is 1. The molecule has 0 aromatic heterocycles. The second-order valence-electron chi connectivity index (χ2n) is 3.06. The predicted octanol–water partition coefficient (Wildman–Crippen LogP) is 2.14. The van der Waals surface area contributed by atoms with E-state index in [1.54, 1.807) is 0 Å². The van der Waals surface area contributed by atoms with E-state index in [9.17, 15) is 0 Å². The van der Waals surface area contributed by atoms with Gasteiger partial charge in [-0.1, -0.05) is 37.6 Å². The predicted molar refractivity (Wildman–Crippen MR) is 53.2 cm³/mol. The number of rotatable bonds is 4. The van der Waals surface area contributed by atoms with Crippen LogP contribution < -0.4 is 5.73 Å². The van der Waals surface area contributed by atoms with Gasteiger partial charge in [0.25, 0.3) is 0 Å². The summed E-state index contributed by atoms with van der Waals surface area (Å²) in [6.45, 7) is 2.96. The quantitative estimate of drug-likeness (QED) is 0.723. The molecule has 1 heteroatoms. The van der Waals surface area contributed by atoms with Crippen LogP contribution in [0.25, 0.3) is 0 Å². The second kappa shape index (κ2) is 4.94. The van der Waals surface area contributed by atoms with Gasteiger partial charge in [-0.05, 0) is 30.5 Å². The largest absolute Gasteiger partial charge is 0.330 e. The van der Waals surface area contributed by atoms with Crippen molar-refractivity contribution in [2.75, 3.05) is 6.54 Å². The van der Waals surface area contributed by atoms with E-state index in [1.807, 2.05) is 0 Å². The molecule has 0 saturated heterocycles. The van der Waals surface area contributed by atoms with Gasteiger partial charge in [0, 0.05) is 0 Å². The molecule has 1 nitrogen and oxygen atoms in total. The molecule has 0 spiro atoms. The van der Waals surface area contributed by atoms with Crippen LogP contribution in [-0.2, 0) is 12.8 Å². The van der Waals surface area contributed by atoms with Crippen LogP contribution in [0.15, 0.2) is 24.3 Å². The Morgan fingerprint density at radius 3 is 2.17 bits per heavy atom. The van der Waals surface area contributed by atoms with E-state index in [-0.39, 0.29) is 0 Å². The standard InChI is InChI=1S/C11H17N/c1-2-5-10-6-3-4-7-11(10)8-9-12/h3-4,6-7H,2,5,8-9,12H2,1H3. The average Bonchev–Trinajstić information content (AvgIpc) is 2.09. The Kier molecular flexibility index (Phi) is 3.81. The molecule has 66 valence electrons. The fraction of sp³-hybridized carbons (Fsp3) is 0.455. The average molecular weight is 163 g/mol. The summed E-state index contributed by atoms with van der Waals surface area (Å²) in [5, 5.41) is 0. The summed E-state index contributed by atoms with van der Waals surface area (Å²) in [6.07, 6.45) is 3.40. The molecular formula is C11H17N. The third kappa shape index (κ3) is 2.35. The Morgan fingerprint density at radius 1 is 1.08 bits per heavy atom. The molecule has 1 aromatic carbocycles. The van der Waals surface area contributed by atoms with Gasteiger partial charge in [-0.25, -0.2) is 0 Å². The van der Waals surface area contributed by atoms with Crippen LogP contribution in [0.2, 0.25) is 0 Å². The van der Waals surface area contributed by atoms with E-state index >= 15 is 0 Å². The number of hydrogen-bond donors (Lipinski definition) is 1. The Labute approximate surface area is 74.6 Å². The first-order valence-electron chi connectivity index (χ1n) is 4.65. The molecular weight excluding hydrogens is 146 g/mol. The van der Waals surface area contributed by atoms with E-state index in [2.05, 4.69) is 31.2 Å². The maximum Gasteiger partial charge on any atom is -0.00366 e. The molecule has 0 aliphatic heterocycles. The van der Waals surface area contributed by atoms with E-state index < -0.39 is 0 Å². The van der Waals surface area contributed by atoms with Crippen LogP contribution in [0.4, 0.5) is 0 Å². The minimum atomic E-state index is 0.751. The summed E-state index contributed by atoms with van der Waals surface area (Å²) < 4.78 is 0. The van der Waals surface area contributed by atoms with Crippen LogP contribution >= 0.6 is 0 Å². The van der Waals surface area contributed by atoms with Crippen LogP contribution in [0.3, 0.4) is 0 Å². The van der Waals surface area contributed by atoms with Gasteiger partial charge in [0.2, 0.25) is 0 Å². The normalized spacial score (nSPS) is 10.2. The van der Waals surface area contributed by atoms with Crippen molar-refractivity contribution in [2.45, 2.75) is 26.2 Å². The fourth-order valence-electron chi connectivity index (χ4n) is 1.47. The molecule has 0 radical (unpaired) electrons. The van der Waals surface area contributed by atoms with Gasteiger partial charge in [-0.15, -0.1) is 0 Å². The molecule has 0 saturated carbocycles. The molecule has 0 aliphatic rings. The third-order valence-corrected chi connectivity index (χ3v) is 2.05.